The number of nitrogens with zero attached hydrogens (tertiary/aromatic N) is 2. The van der Waals surface area contributed by atoms with Crippen molar-refractivity contribution < 1.29 is 28.3 Å². The van der Waals surface area contributed by atoms with E-state index in [1.165, 1.54) is 11.0 Å². The number of fused-ring (bicyclic) bond motifs is 1. The lowest BCUT2D eigenvalue weighted by Gasteiger charge is -2.28. The molecule has 0 radical (unpaired) electrons. The molecule has 4 aromatic rings. The number of quaternary nitrogens is 1. The first-order chi connectivity index (χ1) is 21.8. The highest BCUT2D eigenvalue weighted by molar-refractivity contribution is 6.11. The zero-order valence-electron chi connectivity index (χ0n) is 25.0. The first-order valence-electron chi connectivity index (χ1n) is 15.0. The fourth-order valence-corrected chi connectivity index (χ4v) is 5.92. The molecule has 2 aliphatic rings. The van der Waals surface area contributed by atoms with Crippen molar-refractivity contribution in [2.75, 3.05) is 29.9 Å². The largest absolute Gasteiger partial charge is 0.322 e. The molecule has 7 nitrogen and oxygen atoms in total. The molecule has 4 aromatic carbocycles. The van der Waals surface area contributed by atoms with Crippen LogP contribution in [0.4, 0.5) is 20.3 Å². The Morgan fingerprint density at radius 3 is 2.30 bits per heavy atom. The molecule has 1 fully saturated rings. The van der Waals surface area contributed by atoms with Crippen molar-refractivity contribution in [2.24, 2.45) is 0 Å². The van der Waals surface area contributed by atoms with Gasteiger partial charge in [0.05, 0.1) is 23.7 Å². The van der Waals surface area contributed by atoms with Crippen molar-refractivity contribution in [3.63, 3.8) is 0 Å². The molecule has 2 heterocycles. The van der Waals surface area contributed by atoms with E-state index in [2.05, 4.69) is 10.6 Å². The minimum Gasteiger partial charge on any atom is -0.322 e. The van der Waals surface area contributed by atoms with Crippen LogP contribution in [0.1, 0.15) is 39.1 Å². The van der Waals surface area contributed by atoms with E-state index in [1.54, 1.807) is 30.3 Å². The van der Waals surface area contributed by atoms with Crippen LogP contribution in [0.15, 0.2) is 115 Å². The van der Waals surface area contributed by atoms with Gasteiger partial charge < -0.3 is 10.6 Å². The fraction of sp³-hybridized carbons (Fsp3) is 0.194. The quantitative estimate of drug-likeness (QED) is 0.175. The lowest BCUT2D eigenvalue weighted by molar-refractivity contribution is -1.18. The third-order valence-corrected chi connectivity index (χ3v) is 8.27. The Labute approximate surface area is 272 Å². The van der Waals surface area contributed by atoms with Gasteiger partial charge in [0, 0.05) is 37.5 Å². The number of rotatable bonds is 6. The van der Waals surface area contributed by atoms with Crippen molar-refractivity contribution in [3.05, 3.63) is 132 Å². The van der Waals surface area contributed by atoms with Crippen LogP contribution in [0.25, 0.3) is 11.1 Å². The molecule has 0 saturated carbocycles. The molecule has 0 aromatic heterocycles. The fourth-order valence-electron chi connectivity index (χ4n) is 5.92. The molecule has 2 amide bonds. The normalized spacial score (nSPS) is 18.1. The van der Waals surface area contributed by atoms with E-state index in [0.717, 1.165) is 16.7 Å². The molecule has 0 aliphatic carbocycles. The van der Waals surface area contributed by atoms with Gasteiger partial charge >= 0.3 is 0 Å². The van der Waals surface area contributed by atoms with E-state index in [-0.39, 0.29) is 31.4 Å². The van der Waals surface area contributed by atoms with Crippen molar-refractivity contribution in [3.8, 4) is 11.1 Å². The summed E-state index contributed by atoms with van der Waals surface area (Å²) in [5.74, 6) is -1.39. The standard InChI is InChI=1S/C36H32F2N4O3.ClH/c37-42(38)22-21-39-24-33(42)34(43)23-29-13-8-12-26-11-4-7-16-32(26)41(29)36(45)27-17-19-28(20-18-27)40-35(44)31-15-6-5-14-30(31)25-9-2-1-3-10-25;/h1-7,9-11,14-20,23,33,39H,8,12-13,21-22,24H2;1H/p+1/b29-23-;. The molecule has 10 heteroatoms. The highest BCUT2D eigenvalue weighted by Crippen LogP contribution is 2.34. The Bertz CT molecular complexity index is 1760. The summed E-state index contributed by atoms with van der Waals surface area (Å²) in [6, 6.07) is 29.4. The third-order valence-electron chi connectivity index (χ3n) is 8.27. The van der Waals surface area contributed by atoms with Crippen molar-refractivity contribution in [1.29, 1.82) is 0 Å². The molecule has 0 spiro atoms. The van der Waals surface area contributed by atoms with Gasteiger partial charge in [0.25, 0.3) is 11.8 Å². The number of benzene rings is 4. The Morgan fingerprint density at radius 1 is 0.848 bits per heavy atom. The van der Waals surface area contributed by atoms with Gasteiger partial charge in [-0.25, -0.2) is 0 Å². The van der Waals surface area contributed by atoms with Crippen LogP contribution in [0.2, 0.25) is 0 Å². The number of carbonyl (C=O) groups excluding carboxylic acids is 3. The van der Waals surface area contributed by atoms with E-state index in [9.17, 15) is 23.3 Å². The lowest BCUT2D eigenvalue weighted by Crippen LogP contribution is -2.58. The van der Waals surface area contributed by atoms with Crippen molar-refractivity contribution in [2.45, 2.75) is 25.3 Å². The number of allylic oxidation sites excluding steroid dienone is 1. The average Bonchev–Trinajstić information content (AvgIpc) is 3.24. The summed E-state index contributed by atoms with van der Waals surface area (Å²) in [4.78, 5) is 39.7. The topological polar surface area (TPSA) is 78.5 Å². The third kappa shape index (κ3) is 6.92. The molecule has 2 N–H and O–H groups in total. The Hall–Kier alpha value is -4.70. The summed E-state index contributed by atoms with van der Waals surface area (Å²) in [7, 11) is 0. The van der Waals surface area contributed by atoms with Gasteiger partial charge in [-0.15, -0.1) is 12.4 Å². The number of piperazine rings is 1. The number of para-hydroxylation sites is 1. The van der Waals surface area contributed by atoms with Gasteiger partial charge in [-0.05, 0) is 72.4 Å². The summed E-state index contributed by atoms with van der Waals surface area (Å²) >= 11 is 0. The van der Waals surface area contributed by atoms with E-state index >= 15 is 0 Å². The molecule has 46 heavy (non-hydrogen) atoms. The van der Waals surface area contributed by atoms with Crippen LogP contribution in [-0.2, 0) is 11.2 Å². The molecule has 6 rings (SSSR count). The molecule has 2 aliphatic heterocycles. The molecule has 0 bridgehead atoms. The number of hydrogen-bond donors (Lipinski definition) is 2. The Kier molecular flexibility index (Phi) is 10.1. The molecule has 1 unspecified atom stereocenters. The number of ketones is 1. The minimum atomic E-state index is -2.39. The second-order valence-electron chi connectivity index (χ2n) is 11.2. The molecule has 1 atom stereocenters. The van der Waals surface area contributed by atoms with Gasteiger partial charge in [0.15, 0.2) is 6.54 Å². The summed E-state index contributed by atoms with van der Waals surface area (Å²) in [6.45, 7) is -0.476. The highest BCUT2D eigenvalue weighted by Gasteiger charge is 2.48. The van der Waals surface area contributed by atoms with Gasteiger partial charge in [0.1, 0.15) is 0 Å². The summed E-state index contributed by atoms with van der Waals surface area (Å²) in [5, 5.41) is 5.80. The Balaban J connectivity index is 0.00000417. The van der Waals surface area contributed by atoms with Crippen LogP contribution in [0, 0.1) is 0 Å². The number of carbonyl (C=O) groups is 3. The maximum atomic E-state index is 14.6. The number of hydrogen-bond acceptors (Lipinski definition) is 4. The predicted molar refractivity (Wildman–Crippen MR) is 177 cm³/mol. The van der Waals surface area contributed by atoms with Crippen LogP contribution in [-0.4, -0.2) is 48.2 Å². The van der Waals surface area contributed by atoms with Gasteiger partial charge in [-0.3, -0.25) is 19.3 Å². The second kappa shape index (κ2) is 14.2. The highest BCUT2D eigenvalue weighted by atomic mass is 35.5. The lowest BCUT2D eigenvalue weighted by atomic mass is 9.99. The SMILES string of the molecule is Cl.O=C(Nc1ccc(C(=O)N2/C(=C\C(=O)C3CNCC[N+]3(F)F)CCCc3ccccc32)cc1)c1ccccc1-c1ccccc1. The van der Waals surface area contributed by atoms with Crippen molar-refractivity contribution in [1.82, 2.24) is 5.32 Å². The number of nitrogens with one attached hydrogen (secondary N) is 2. The maximum Gasteiger partial charge on any atom is 0.262 e. The van der Waals surface area contributed by atoms with E-state index < -0.39 is 29.2 Å². The number of anilines is 2. The second-order valence-corrected chi connectivity index (χ2v) is 11.2. The van der Waals surface area contributed by atoms with Crippen LogP contribution in [0.5, 0.6) is 0 Å². The smallest absolute Gasteiger partial charge is 0.262 e. The molecular weight excluding hydrogens is 610 g/mol. The van der Waals surface area contributed by atoms with Gasteiger partial charge in [0.2, 0.25) is 11.8 Å². The molecule has 1 saturated heterocycles. The van der Waals surface area contributed by atoms with E-state index in [4.69, 9.17) is 0 Å². The molecular formula is C36H34ClF2N4O3+. The minimum absolute atomic E-state index is 0. The average molecular weight is 644 g/mol. The van der Waals surface area contributed by atoms with E-state index in [1.807, 2.05) is 72.8 Å². The Morgan fingerprint density at radius 2 is 1.54 bits per heavy atom. The van der Waals surface area contributed by atoms with Crippen LogP contribution in [0.3, 0.4) is 0 Å². The summed E-state index contributed by atoms with van der Waals surface area (Å²) in [6.07, 6.45) is 2.93. The maximum absolute atomic E-state index is 14.6. The first kappa shape index (κ1) is 32.7. The summed E-state index contributed by atoms with van der Waals surface area (Å²) < 4.78 is 29.2. The van der Waals surface area contributed by atoms with Gasteiger partial charge in [-0.2, -0.15) is 0 Å². The van der Waals surface area contributed by atoms with E-state index in [0.29, 0.717) is 47.5 Å². The van der Waals surface area contributed by atoms with Crippen LogP contribution < -0.4 is 15.5 Å². The van der Waals surface area contributed by atoms with Crippen LogP contribution >= 0.6 is 12.4 Å². The first-order valence-corrected chi connectivity index (χ1v) is 15.0. The van der Waals surface area contributed by atoms with Crippen molar-refractivity contribution >= 4 is 41.4 Å². The number of aryl methyl sites for hydroxylation is 1. The zero-order valence-corrected chi connectivity index (χ0v) is 25.8. The number of amides is 2. The monoisotopic (exact) mass is 643 g/mol. The molecule has 236 valence electrons. The predicted octanol–water partition coefficient (Wildman–Crippen LogP) is 7.02. The van der Waals surface area contributed by atoms with Gasteiger partial charge in [-0.1, -0.05) is 66.7 Å². The zero-order chi connectivity index (χ0) is 31.4. The number of halogens is 3. The summed E-state index contributed by atoms with van der Waals surface area (Å²) in [5.41, 5.74) is 5.01.